The van der Waals surface area contributed by atoms with Gasteiger partial charge in [-0.1, -0.05) is 60.7 Å². The van der Waals surface area contributed by atoms with E-state index in [4.69, 9.17) is 16.1 Å². The van der Waals surface area contributed by atoms with Gasteiger partial charge in [-0.3, -0.25) is 10.4 Å². The summed E-state index contributed by atoms with van der Waals surface area (Å²) in [6.45, 7) is 0. The molecule has 2 atom stereocenters. The molecule has 4 rings (SSSR count). The van der Waals surface area contributed by atoms with Gasteiger partial charge in [0.25, 0.3) is 0 Å². The maximum absolute atomic E-state index is 7.94. The smallest absolute Gasteiger partial charge is 0.0831 e. The highest BCUT2D eigenvalue weighted by atomic mass is 14.8. The number of allylic oxidation sites excluding steroid dienone is 4. The Morgan fingerprint density at radius 1 is 0.957 bits per heavy atom. The molecule has 0 aromatic heterocycles. The second-order valence-electron chi connectivity index (χ2n) is 5.84. The second-order valence-corrected chi connectivity index (χ2v) is 5.84. The number of rotatable bonds is 2. The number of benzene rings is 2. The number of hydrogen-bond donors (Lipinski definition) is 2. The number of hydrogen-bond acceptors (Lipinski definition) is 3. The maximum Gasteiger partial charge on any atom is 0.0831 e. The molecular formula is C20H17N3. The standard InChI is InChI=1S/C20H17N3/c21-17-7-3-4-8-19(17)23-18-12-11-15(18)16-10-9-13-5-1-2-6-14(13)20(16)22/h1-12,15,18,21H,22H2/b21-17?,23-19+. The van der Waals surface area contributed by atoms with Crippen molar-refractivity contribution in [1.29, 1.82) is 5.41 Å². The van der Waals surface area contributed by atoms with Gasteiger partial charge in [-0.2, -0.15) is 0 Å². The summed E-state index contributed by atoms with van der Waals surface area (Å²) in [7, 11) is 0. The Bertz CT molecular complexity index is 916. The van der Waals surface area contributed by atoms with E-state index in [1.54, 1.807) is 6.08 Å². The van der Waals surface area contributed by atoms with Crippen LogP contribution in [0, 0.1) is 5.41 Å². The van der Waals surface area contributed by atoms with E-state index >= 15 is 0 Å². The highest BCUT2D eigenvalue weighted by Crippen LogP contribution is 2.38. The molecule has 0 spiro atoms. The van der Waals surface area contributed by atoms with Crippen LogP contribution in [0.3, 0.4) is 0 Å². The molecule has 2 aromatic carbocycles. The SMILES string of the molecule is N=C1C=CC=C/C1=N\C1C=CC1c1ccc2ccccc2c1N. The minimum Gasteiger partial charge on any atom is -0.398 e. The molecular weight excluding hydrogens is 282 g/mol. The first-order valence-electron chi connectivity index (χ1n) is 7.71. The summed E-state index contributed by atoms with van der Waals surface area (Å²) < 4.78 is 0. The molecule has 0 aliphatic heterocycles. The van der Waals surface area contributed by atoms with Crippen LogP contribution < -0.4 is 5.73 Å². The molecule has 2 unspecified atom stereocenters. The molecule has 0 saturated heterocycles. The van der Waals surface area contributed by atoms with Crippen LogP contribution in [0.1, 0.15) is 11.5 Å². The van der Waals surface area contributed by atoms with E-state index in [1.807, 2.05) is 30.4 Å². The number of nitrogens with one attached hydrogen (secondary N) is 1. The fourth-order valence-electron chi connectivity index (χ4n) is 3.08. The Morgan fingerprint density at radius 3 is 2.57 bits per heavy atom. The number of nitrogens with two attached hydrogens (primary N) is 1. The first-order chi connectivity index (χ1) is 11.2. The Labute approximate surface area is 135 Å². The molecule has 112 valence electrons. The first-order valence-corrected chi connectivity index (χ1v) is 7.71. The lowest BCUT2D eigenvalue weighted by Gasteiger charge is -2.29. The number of anilines is 1. The summed E-state index contributed by atoms with van der Waals surface area (Å²) >= 11 is 0. The molecule has 0 amide bonds. The van der Waals surface area contributed by atoms with E-state index < -0.39 is 0 Å². The average Bonchev–Trinajstić information content (AvgIpc) is 2.56. The van der Waals surface area contributed by atoms with Crippen molar-refractivity contribution in [3.63, 3.8) is 0 Å². The second kappa shape index (κ2) is 5.36. The summed E-state index contributed by atoms with van der Waals surface area (Å²) in [6, 6.07) is 12.4. The highest BCUT2D eigenvalue weighted by Gasteiger charge is 2.28. The molecule has 0 heterocycles. The summed E-state index contributed by atoms with van der Waals surface area (Å²) in [5, 5.41) is 10.2. The van der Waals surface area contributed by atoms with Crippen molar-refractivity contribution in [2.24, 2.45) is 4.99 Å². The first kappa shape index (κ1) is 13.7. The summed E-state index contributed by atoms with van der Waals surface area (Å²) in [5.41, 5.74) is 9.53. The van der Waals surface area contributed by atoms with E-state index in [-0.39, 0.29) is 12.0 Å². The van der Waals surface area contributed by atoms with Crippen LogP contribution in [0.4, 0.5) is 5.69 Å². The Morgan fingerprint density at radius 2 is 1.78 bits per heavy atom. The van der Waals surface area contributed by atoms with E-state index in [0.717, 1.165) is 27.7 Å². The van der Waals surface area contributed by atoms with Crippen molar-refractivity contribution in [2.45, 2.75) is 12.0 Å². The van der Waals surface area contributed by atoms with E-state index in [0.29, 0.717) is 5.71 Å². The van der Waals surface area contributed by atoms with Crippen molar-refractivity contribution in [3.8, 4) is 0 Å². The summed E-state index contributed by atoms with van der Waals surface area (Å²) in [5.74, 6) is 0.180. The van der Waals surface area contributed by atoms with Crippen molar-refractivity contribution in [2.75, 3.05) is 5.73 Å². The van der Waals surface area contributed by atoms with Crippen LogP contribution in [0.15, 0.2) is 77.8 Å². The molecule has 0 saturated carbocycles. The van der Waals surface area contributed by atoms with Gasteiger partial charge in [0.05, 0.1) is 17.5 Å². The molecule has 2 aliphatic rings. The van der Waals surface area contributed by atoms with Gasteiger partial charge in [-0.15, -0.1) is 0 Å². The number of nitrogens with zero attached hydrogens (tertiary/aromatic N) is 1. The van der Waals surface area contributed by atoms with Gasteiger partial charge in [0.2, 0.25) is 0 Å². The van der Waals surface area contributed by atoms with Gasteiger partial charge in [-0.05, 0) is 23.1 Å². The third kappa shape index (κ3) is 2.30. The quantitative estimate of drug-likeness (QED) is 0.491. The fraction of sp³-hybridized carbons (Fsp3) is 0.100. The normalized spacial score (nSPS) is 24.3. The Hall–Kier alpha value is -2.94. The van der Waals surface area contributed by atoms with Crippen LogP contribution in [0.25, 0.3) is 10.8 Å². The molecule has 2 aliphatic carbocycles. The predicted molar refractivity (Wildman–Crippen MR) is 97.5 cm³/mol. The van der Waals surface area contributed by atoms with Crippen molar-refractivity contribution < 1.29 is 0 Å². The van der Waals surface area contributed by atoms with Crippen LogP contribution in [0.2, 0.25) is 0 Å². The topological polar surface area (TPSA) is 62.2 Å². The molecule has 0 bridgehead atoms. The predicted octanol–water partition coefficient (Wildman–Crippen LogP) is 4.03. The van der Waals surface area contributed by atoms with E-state index in [2.05, 4.69) is 36.4 Å². The van der Waals surface area contributed by atoms with Crippen molar-refractivity contribution in [1.82, 2.24) is 0 Å². The maximum atomic E-state index is 7.94. The van der Waals surface area contributed by atoms with Gasteiger partial charge >= 0.3 is 0 Å². The van der Waals surface area contributed by atoms with Gasteiger partial charge in [0.15, 0.2) is 0 Å². The summed E-state index contributed by atoms with van der Waals surface area (Å²) in [4.78, 5) is 4.71. The molecule has 3 heteroatoms. The summed E-state index contributed by atoms with van der Waals surface area (Å²) in [6.07, 6.45) is 11.6. The Kier molecular flexibility index (Phi) is 3.19. The van der Waals surface area contributed by atoms with E-state index in [1.165, 1.54) is 0 Å². The average molecular weight is 299 g/mol. The molecule has 2 aromatic rings. The lowest BCUT2D eigenvalue weighted by molar-refractivity contribution is 0.667. The fourth-order valence-corrected chi connectivity index (χ4v) is 3.08. The zero-order chi connectivity index (χ0) is 15.8. The third-order valence-electron chi connectivity index (χ3n) is 4.44. The van der Waals surface area contributed by atoms with Crippen LogP contribution >= 0.6 is 0 Å². The van der Waals surface area contributed by atoms with Crippen molar-refractivity contribution >= 4 is 27.9 Å². The third-order valence-corrected chi connectivity index (χ3v) is 4.44. The molecule has 3 N–H and O–H groups in total. The van der Waals surface area contributed by atoms with Gasteiger partial charge in [0, 0.05) is 17.0 Å². The monoisotopic (exact) mass is 299 g/mol. The molecule has 3 nitrogen and oxygen atoms in total. The zero-order valence-electron chi connectivity index (χ0n) is 12.6. The lowest BCUT2D eigenvalue weighted by Crippen LogP contribution is -2.25. The number of nitrogen functional groups attached to an aromatic ring is 1. The molecule has 23 heavy (non-hydrogen) atoms. The minimum atomic E-state index is 0.0463. The van der Waals surface area contributed by atoms with Crippen LogP contribution in [0.5, 0.6) is 0 Å². The van der Waals surface area contributed by atoms with Gasteiger partial charge in [0.1, 0.15) is 0 Å². The van der Waals surface area contributed by atoms with Gasteiger partial charge in [-0.25, -0.2) is 0 Å². The minimum absolute atomic E-state index is 0.0463. The van der Waals surface area contributed by atoms with E-state index in [9.17, 15) is 0 Å². The van der Waals surface area contributed by atoms with Crippen LogP contribution in [-0.2, 0) is 0 Å². The highest BCUT2D eigenvalue weighted by molar-refractivity contribution is 6.50. The van der Waals surface area contributed by atoms with Crippen molar-refractivity contribution in [3.05, 3.63) is 78.4 Å². The van der Waals surface area contributed by atoms with Gasteiger partial charge < -0.3 is 5.73 Å². The largest absolute Gasteiger partial charge is 0.398 e. The molecule has 0 radical (unpaired) electrons. The Balaban J connectivity index is 1.70. The molecule has 0 fully saturated rings. The lowest BCUT2D eigenvalue weighted by atomic mass is 9.81. The number of fused-ring (bicyclic) bond motifs is 1. The zero-order valence-corrected chi connectivity index (χ0v) is 12.6. The van der Waals surface area contributed by atoms with Crippen LogP contribution in [-0.4, -0.2) is 17.5 Å². The number of aliphatic imine (C=N–C) groups is 1.